The number of halogens is 1. The summed E-state index contributed by atoms with van der Waals surface area (Å²) in [7, 11) is 2.08. The number of aromatic nitrogens is 1. The average molecular weight is 705 g/mol. The van der Waals surface area contributed by atoms with Crippen LogP contribution in [0.5, 0.6) is 0 Å². The van der Waals surface area contributed by atoms with Crippen LogP contribution in [0.25, 0.3) is 0 Å². The minimum atomic E-state index is -0.620. The second kappa shape index (κ2) is 14.8. The number of carbonyl (C=O) groups is 3. The van der Waals surface area contributed by atoms with E-state index in [-0.39, 0.29) is 41.1 Å². The minimum Gasteiger partial charge on any atom is -0.368 e. The maximum Gasteiger partial charge on any atom is 0.252 e. The molecule has 5 fully saturated rings. The Bertz CT molecular complexity index is 1500. The first-order chi connectivity index (χ1) is 24.1. The zero-order chi connectivity index (χ0) is 35.0. The number of pyridine rings is 1. The Morgan fingerprint density at radius 1 is 0.900 bits per heavy atom. The molecule has 0 unspecified atom stereocenters. The number of hydrogen-bond donors (Lipinski definition) is 0. The van der Waals surface area contributed by atoms with Crippen LogP contribution >= 0.6 is 11.6 Å². The van der Waals surface area contributed by atoms with Crippen LogP contribution in [-0.2, 0) is 19.1 Å². The molecule has 5 aliphatic rings. The molecule has 4 saturated heterocycles. The third-order valence-electron chi connectivity index (χ3n) is 12.1. The highest BCUT2D eigenvalue weighted by Gasteiger charge is 2.51. The molecule has 5 atom stereocenters. The first-order valence-electron chi connectivity index (χ1n) is 18.7. The van der Waals surface area contributed by atoms with E-state index in [9.17, 15) is 9.59 Å². The number of anilines is 1. The van der Waals surface area contributed by atoms with Gasteiger partial charge in [0.05, 0.1) is 12.0 Å². The smallest absolute Gasteiger partial charge is 0.252 e. The van der Waals surface area contributed by atoms with E-state index >= 15 is 4.79 Å². The van der Waals surface area contributed by atoms with Crippen LogP contribution in [0.3, 0.4) is 0 Å². The van der Waals surface area contributed by atoms with Crippen molar-refractivity contribution in [2.45, 2.75) is 88.9 Å². The molecule has 1 aromatic heterocycles. The van der Waals surface area contributed by atoms with Gasteiger partial charge >= 0.3 is 0 Å². The zero-order valence-corrected chi connectivity index (χ0v) is 30.6. The fraction of sp³-hybridized carbons (Fsp3) is 0.641. The SMILES string of the molecule is CN1CCN(C(=O)[C@H]2C[C@H](N(C(=O)[C@@H]3CCCO3)C3CCC(C)(C)CC3)CN2C(=O)[C@@H]2CN(c3ccccn3)C[C@H]2c2ccc(Cl)cc2)CC1. The van der Waals surface area contributed by atoms with Crippen LogP contribution in [-0.4, -0.2) is 126 Å². The molecule has 0 spiro atoms. The highest BCUT2D eigenvalue weighted by Crippen LogP contribution is 2.42. The molecule has 270 valence electrons. The van der Waals surface area contributed by atoms with Crippen molar-refractivity contribution >= 4 is 35.1 Å². The highest BCUT2D eigenvalue weighted by molar-refractivity contribution is 6.30. The highest BCUT2D eigenvalue weighted by atomic mass is 35.5. The Labute approximate surface area is 302 Å². The Morgan fingerprint density at radius 3 is 2.30 bits per heavy atom. The fourth-order valence-corrected chi connectivity index (χ4v) is 9.16. The van der Waals surface area contributed by atoms with Crippen LogP contribution in [0.4, 0.5) is 5.82 Å². The van der Waals surface area contributed by atoms with Crippen molar-refractivity contribution in [3.63, 3.8) is 0 Å². The Hall–Kier alpha value is -3.21. The first-order valence-corrected chi connectivity index (χ1v) is 19.1. The van der Waals surface area contributed by atoms with E-state index < -0.39 is 18.1 Å². The molecule has 7 rings (SSSR count). The van der Waals surface area contributed by atoms with E-state index in [1.807, 2.05) is 52.3 Å². The van der Waals surface area contributed by atoms with Gasteiger partial charge in [-0.1, -0.05) is 43.6 Å². The van der Waals surface area contributed by atoms with Crippen molar-refractivity contribution in [3.05, 3.63) is 59.2 Å². The minimum absolute atomic E-state index is 0.00543. The van der Waals surface area contributed by atoms with E-state index in [0.717, 1.165) is 63.0 Å². The maximum absolute atomic E-state index is 15.1. The van der Waals surface area contributed by atoms with Gasteiger partial charge in [0.2, 0.25) is 11.8 Å². The van der Waals surface area contributed by atoms with Crippen molar-refractivity contribution in [1.82, 2.24) is 24.6 Å². The predicted octanol–water partition coefficient (Wildman–Crippen LogP) is 4.67. The lowest BCUT2D eigenvalue weighted by Gasteiger charge is -2.43. The molecule has 0 N–H and O–H groups in total. The summed E-state index contributed by atoms with van der Waals surface area (Å²) in [5.74, 6) is 0.361. The molecule has 0 bridgehead atoms. The Balaban J connectivity index is 1.21. The van der Waals surface area contributed by atoms with E-state index in [1.54, 1.807) is 6.20 Å². The average Bonchev–Trinajstić information content (AvgIpc) is 3.91. The van der Waals surface area contributed by atoms with Gasteiger partial charge in [-0.15, -0.1) is 0 Å². The molecule has 50 heavy (non-hydrogen) atoms. The number of benzene rings is 1. The van der Waals surface area contributed by atoms with Crippen LogP contribution < -0.4 is 4.90 Å². The van der Waals surface area contributed by atoms with E-state index in [1.165, 1.54) is 0 Å². The van der Waals surface area contributed by atoms with Crippen molar-refractivity contribution in [3.8, 4) is 0 Å². The first kappa shape index (κ1) is 35.2. The van der Waals surface area contributed by atoms with Gasteiger partial charge in [-0.3, -0.25) is 14.4 Å². The summed E-state index contributed by atoms with van der Waals surface area (Å²) >= 11 is 6.30. The van der Waals surface area contributed by atoms with Gasteiger partial charge in [0.15, 0.2) is 0 Å². The Morgan fingerprint density at radius 2 is 1.64 bits per heavy atom. The molecule has 5 heterocycles. The van der Waals surface area contributed by atoms with Crippen molar-refractivity contribution in [1.29, 1.82) is 0 Å². The topological polar surface area (TPSA) is 89.5 Å². The summed E-state index contributed by atoms with van der Waals surface area (Å²) in [4.78, 5) is 59.0. The third kappa shape index (κ3) is 7.39. The van der Waals surface area contributed by atoms with Gasteiger partial charge < -0.3 is 29.2 Å². The molecular formula is C39H53ClN6O4. The number of rotatable bonds is 7. The lowest BCUT2D eigenvalue weighted by molar-refractivity contribution is -0.148. The summed E-state index contributed by atoms with van der Waals surface area (Å²) in [6.45, 7) is 9.58. The summed E-state index contributed by atoms with van der Waals surface area (Å²) in [5.41, 5.74) is 1.29. The molecular weight excluding hydrogens is 652 g/mol. The number of piperazine rings is 1. The van der Waals surface area contributed by atoms with Gasteiger partial charge in [-0.2, -0.15) is 0 Å². The third-order valence-corrected chi connectivity index (χ3v) is 12.4. The second-order valence-electron chi connectivity index (χ2n) is 16.0. The van der Waals surface area contributed by atoms with Gasteiger partial charge in [0, 0.05) is 75.6 Å². The number of ether oxygens (including phenoxy) is 1. The summed E-state index contributed by atoms with van der Waals surface area (Å²) in [5, 5.41) is 0.651. The van der Waals surface area contributed by atoms with Crippen LogP contribution in [0, 0.1) is 11.3 Å². The van der Waals surface area contributed by atoms with Crippen molar-refractivity contribution in [2.24, 2.45) is 11.3 Å². The summed E-state index contributed by atoms with van der Waals surface area (Å²) in [6.07, 6.45) is 7.32. The van der Waals surface area contributed by atoms with Crippen LogP contribution in [0.15, 0.2) is 48.7 Å². The quantitative estimate of drug-likeness (QED) is 0.414. The number of amides is 3. The molecule has 1 saturated carbocycles. The van der Waals surface area contributed by atoms with Crippen LogP contribution in [0.1, 0.15) is 70.3 Å². The number of likely N-dealkylation sites (N-methyl/N-ethyl adjacent to an activating group) is 1. The van der Waals surface area contributed by atoms with E-state index in [4.69, 9.17) is 16.3 Å². The van der Waals surface area contributed by atoms with Gasteiger partial charge in [-0.25, -0.2) is 4.98 Å². The van der Waals surface area contributed by atoms with Crippen LogP contribution in [0.2, 0.25) is 5.02 Å². The second-order valence-corrected chi connectivity index (χ2v) is 16.5. The lowest BCUT2D eigenvalue weighted by Crippen LogP contribution is -2.54. The molecule has 10 nitrogen and oxygen atoms in total. The van der Waals surface area contributed by atoms with Crippen molar-refractivity contribution in [2.75, 3.05) is 64.4 Å². The molecule has 2 aromatic rings. The van der Waals surface area contributed by atoms with E-state index in [0.29, 0.717) is 50.8 Å². The zero-order valence-electron chi connectivity index (χ0n) is 29.9. The molecule has 3 amide bonds. The molecule has 1 aliphatic carbocycles. The molecule has 11 heteroatoms. The van der Waals surface area contributed by atoms with Gasteiger partial charge in [-0.05, 0) is 87.2 Å². The van der Waals surface area contributed by atoms with Gasteiger partial charge in [0.1, 0.15) is 18.0 Å². The number of likely N-dealkylation sites (tertiary alicyclic amines) is 1. The largest absolute Gasteiger partial charge is 0.368 e. The lowest BCUT2D eigenvalue weighted by atomic mass is 9.75. The fourth-order valence-electron chi connectivity index (χ4n) is 9.03. The predicted molar refractivity (Wildman–Crippen MR) is 194 cm³/mol. The standard InChI is InChI=1S/C39H53ClN6O4/c1-39(2)15-13-29(14-16-39)46(38(49)34-7-6-22-50-34)30-23-33(37(48)43-20-18-42(3)19-21-43)45(24-30)36(47)32-26-44(35-8-4-5-17-41-35)25-31(32)27-9-11-28(40)12-10-27/h4-5,8-12,17,29-34H,6-7,13-16,18-26H2,1-3H3/t30-,31-,32+,33+,34-/m0/s1. The van der Waals surface area contributed by atoms with Gasteiger partial charge in [0.25, 0.3) is 5.91 Å². The normalized spacial score (nSPS) is 29.0. The Kier molecular flexibility index (Phi) is 10.4. The number of carbonyl (C=O) groups excluding carboxylic acids is 3. The number of hydrogen-bond acceptors (Lipinski definition) is 7. The molecule has 1 aromatic carbocycles. The monoisotopic (exact) mass is 704 g/mol. The van der Waals surface area contributed by atoms with E-state index in [2.05, 4.69) is 40.6 Å². The van der Waals surface area contributed by atoms with Crippen molar-refractivity contribution < 1.29 is 19.1 Å². The molecule has 0 radical (unpaired) electrons. The molecule has 4 aliphatic heterocycles. The summed E-state index contributed by atoms with van der Waals surface area (Å²) < 4.78 is 5.98. The summed E-state index contributed by atoms with van der Waals surface area (Å²) in [6, 6.07) is 12.9. The number of nitrogens with zero attached hydrogens (tertiary/aromatic N) is 6. The maximum atomic E-state index is 15.1.